The van der Waals surface area contributed by atoms with E-state index in [1.165, 1.54) is 24.2 Å². The van der Waals surface area contributed by atoms with Gasteiger partial charge in [0.15, 0.2) is 22.1 Å². The fourth-order valence-electron chi connectivity index (χ4n) is 2.41. The van der Waals surface area contributed by atoms with E-state index in [1.807, 2.05) is 6.92 Å². The van der Waals surface area contributed by atoms with Gasteiger partial charge in [0.25, 0.3) is 5.56 Å². The summed E-state index contributed by atoms with van der Waals surface area (Å²) >= 11 is 1.20. The molecule has 10 heteroatoms. The fourth-order valence-corrected chi connectivity index (χ4v) is 3.23. The monoisotopic (exact) mass is 387 g/mol. The molecule has 0 fully saturated rings. The molecule has 0 radical (unpaired) electrons. The third-order valence-electron chi connectivity index (χ3n) is 3.79. The number of anilines is 1. The second-order valence-corrected chi connectivity index (χ2v) is 7.48. The number of hydrogen-bond donors (Lipinski definition) is 2. The Labute approximate surface area is 160 Å². The minimum absolute atomic E-state index is 0.103. The van der Waals surface area contributed by atoms with Crippen LogP contribution in [0.15, 0.2) is 28.4 Å². The van der Waals surface area contributed by atoms with Crippen LogP contribution < -0.4 is 10.9 Å². The molecule has 0 bridgehead atoms. The van der Waals surface area contributed by atoms with Crippen LogP contribution in [-0.4, -0.2) is 41.4 Å². The summed E-state index contributed by atoms with van der Waals surface area (Å²) in [5.74, 6) is 0.771. The van der Waals surface area contributed by atoms with Gasteiger partial charge in [-0.25, -0.2) is 15.0 Å². The minimum atomic E-state index is -0.236. The maximum atomic E-state index is 12.8. The highest BCUT2D eigenvalue weighted by molar-refractivity contribution is 7.99. The molecule has 0 atom stereocenters. The summed E-state index contributed by atoms with van der Waals surface area (Å²) in [5, 5.41) is 9.91. The number of hydrogen-bond acceptors (Lipinski definition) is 7. The Morgan fingerprint density at radius 3 is 2.81 bits per heavy atom. The van der Waals surface area contributed by atoms with Gasteiger partial charge in [0.2, 0.25) is 5.91 Å². The number of amides is 1. The van der Waals surface area contributed by atoms with E-state index in [4.69, 9.17) is 0 Å². The molecule has 0 aliphatic rings. The first-order valence-corrected chi connectivity index (χ1v) is 9.59. The molecule has 9 nitrogen and oxygen atoms in total. The highest BCUT2D eigenvalue weighted by Crippen LogP contribution is 2.18. The Kier molecular flexibility index (Phi) is 5.84. The number of nitrogens with zero attached hydrogens (tertiary/aromatic N) is 5. The lowest BCUT2D eigenvalue weighted by Gasteiger charge is -2.13. The van der Waals surface area contributed by atoms with Crippen molar-refractivity contribution in [2.45, 2.75) is 38.9 Å². The van der Waals surface area contributed by atoms with Gasteiger partial charge >= 0.3 is 0 Å². The minimum Gasteiger partial charge on any atom is -0.308 e. The van der Waals surface area contributed by atoms with E-state index in [1.54, 1.807) is 10.6 Å². The largest absolute Gasteiger partial charge is 0.308 e. The van der Waals surface area contributed by atoms with Crippen molar-refractivity contribution in [2.24, 2.45) is 5.92 Å². The lowest BCUT2D eigenvalue weighted by atomic mass is 10.1. The van der Waals surface area contributed by atoms with E-state index < -0.39 is 0 Å². The molecular formula is C17H21N7O2S. The number of fused-ring (bicyclic) bond motifs is 1. The van der Waals surface area contributed by atoms with Gasteiger partial charge in [-0.2, -0.15) is 5.10 Å². The van der Waals surface area contributed by atoms with Gasteiger partial charge in [-0.3, -0.25) is 19.3 Å². The molecule has 1 amide bonds. The van der Waals surface area contributed by atoms with Crippen LogP contribution >= 0.6 is 11.8 Å². The van der Waals surface area contributed by atoms with Crippen molar-refractivity contribution in [3.63, 3.8) is 0 Å². The molecule has 0 aromatic carbocycles. The molecule has 27 heavy (non-hydrogen) atoms. The van der Waals surface area contributed by atoms with Crippen LogP contribution in [0.5, 0.6) is 0 Å². The van der Waals surface area contributed by atoms with Gasteiger partial charge in [0, 0.05) is 30.7 Å². The summed E-state index contributed by atoms with van der Waals surface area (Å²) in [6, 6.07) is 1.74. The van der Waals surface area contributed by atoms with Gasteiger partial charge in [-0.05, 0) is 19.3 Å². The molecule has 3 aromatic heterocycles. The van der Waals surface area contributed by atoms with Crippen LogP contribution in [0.25, 0.3) is 11.2 Å². The molecule has 2 N–H and O–H groups in total. The topological polar surface area (TPSA) is 118 Å². The van der Waals surface area contributed by atoms with Crippen LogP contribution in [0.1, 0.15) is 26.0 Å². The molecule has 0 spiro atoms. The standard InChI is InChI=1S/C17H21N7O2S/c1-10(2)4-7-24-16(26)14-15(19-6-5-18-14)21-17(24)27-9-13(25)20-12-8-11(3)22-23-12/h5-6,8,10H,4,7,9H2,1-3H3,(H2,20,22,23,25). The Balaban J connectivity index is 1.81. The van der Waals surface area contributed by atoms with E-state index in [-0.39, 0.29) is 28.4 Å². The van der Waals surface area contributed by atoms with Crippen LogP contribution in [-0.2, 0) is 11.3 Å². The number of aryl methyl sites for hydroxylation is 1. The second kappa shape index (κ2) is 8.30. The number of nitrogens with one attached hydrogen (secondary N) is 2. The summed E-state index contributed by atoms with van der Waals surface area (Å²) in [5.41, 5.74) is 1.14. The molecule has 3 rings (SSSR count). The van der Waals surface area contributed by atoms with Crippen molar-refractivity contribution in [2.75, 3.05) is 11.1 Å². The SMILES string of the molecule is Cc1cc(NC(=O)CSc2nc3nccnc3c(=O)n2CCC(C)C)n[nH]1. The molecular weight excluding hydrogens is 366 g/mol. The lowest BCUT2D eigenvalue weighted by molar-refractivity contribution is -0.113. The molecule has 142 valence electrons. The lowest BCUT2D eigenvalue weighted by Crippen LogP contribution is -2.26. The van der Waals surface area contributed by atoms with Crippen molar-refractivity contribution < 1.29 is 4.79 Å². The number of thioether (sulfide) groups is 1. The van der Waals surface area contributed by atoms with Crippen LogP contribution in [0.2, 0.25) is 0 Å². The third-order valence-corrected chi connectivity index (χ3v) is 4.77. The summed E-state index contributed by atoms with van der Waals surface area (Å²) < 4.78 is 1.58. The first-order valence-electron chi connectivity index (χ1n) is 8.60. The first-order chi connectivity index (χ1) is 12.9. The third kappa shape index (κ3) is 4.70. The van der Waals surface area contributed by atoms with E-state index in [0.29, 0.717) is 23.4 Å². The maximum absolute atomic E-state index is 12.8. The number of H-pyrrole nitrogens is 1. The van der Waals surface area contributed by atoms with E-state index >= 15 is 0 Å². The van der Waals surface area contributed by atoms with E-state index in [0.717, 1.165) is 12.1 Å². The number of aromatic nitrogens is 6. The summed E-state index contributed by atoms with van der Waals surface area (Å²) in [7, 11) is 0. The first kappa shape index (κ1) is 19.0. The zero-order valence-corrected chi connectivity index (χ0v) is 16.2. The molecule has 3 aromatic rings. The number of rotatable bonds is 7. The Morgan fingerprint density at radius 2 is 2.11 bits per heavy atom. The van der Waals surface area contributed by atoms with Gasteiger partial charge in [-0.15, -0.1) is 0 Å². The van der Waals surface area contributed by atoms with Gasteiger partial charge in [-0.1, -0.05) is 25.6 Å². The van der Waals surface area contributed by atoms with E-state index in [2.05, 4.69) is 44.3 Å². The maximum Gasteiger partial charge on any atom is 0.282 e. The molecule has 0 aliphatic heterocycles. The van der Waals surface area contributed by atoms with Gasteiger partial charge < -0.3 is 5.32 Å². The predicted octanol–water partition coefficient (Wildman–Crippen LogP) is 1.99. The zero-order valence-electron chi connectivity index (χ0n) is 15.4. The Hall–Kier alpha value is -2.75. The fraction of sp³-hybridized carbons (Fsp3) is 0.412. The van der Waals surface area contributed by atoms with Crippen molar-refractivity contribution >= 4 is 34.7 Å². The van der Waals surface area contributed by atoms with Crippen molar-refractivity contribution in [3.05, 3.63) is 34.5 Å². The van der Waals surface area contributed by atoms with Crippen molar-refractivity contribution in [1.82, 2.24) is 29.7 Å². The highest BCUT2D eigenvalue weighted by atomic mass is 32.2. The molecule has 0 aliphatic carbocycles. The summed E-state index contributed by atoms with van der Waals surface area (Å²) in [6.45, 7) is 6.54. The van der Waals surface area contributed by atoms with Gasteiger partial charge in [0.05, 0.1) is 5.75 Å². The molecule has 0 unspecified atom stereocenters. The van der Waals surface area contributed by atoms with Crippen LogP contribution in [0.4, 0.5) is 5.82 Å². The smallest absolute Gasteiger partial charge is 0.282 e. The molecule has 3 heterocycles. The van der Waals surface area contributed by atoms with Crippen molar-refractivity contribution in [3.8, 4) is 0 Å². The average Bonchev–Trinajstić information content (AvgIpc) is 3.04. The number of aromatic amines is 1. The van der Waals surface area contributed by atoms with Gasteiger partial charge in [0.1, 0.15) is 0 Å². The van der Waals surface area contributed by atoms with Crippen LogP contribution in [0, 0.1) is 12.8 Å². The molecule has 0 saturated carbocycles. The predicted molar refractivity (Wildman–Crippen MR) is 104 cm³/mol. The zero-order chi connectivity index (χ0) is 19.4. The average molecular weight is 387 g/mol. The Bertz CT molecular complexity index is 1010. The summed E-state index contributed by atoms with van der Waals surface area (Å²) in [6.07, 6.45) is 3.79. The summed E-state index contributed by atoms with van der Waals surface area (Å²) in [4.78, 5) is 37.7. The number of carbonyl (C=O) groups is 1. The molecule has 0 saturated heterocycles. The quantitative estimate of drug-likeness (QED) is 0.470. The normalized spacial score (nSPS) is 11.3. The number of carbonyl (C=O) groups excluding carboxylic acids is 1. The Morgan fingerprint density at radius 1 is 1.33 bits per heavy atom. The van der Waals surface area contributed by atoms with Crippen LogP contribution in [0.3, 0.4) is 0 Å². The second-order valence-electron chi connectivity index (χ2n) is 6.54. The van der Waals surface area contributed by atoms with E-state index in [9.17, 15) is 9.59 Å². The van der Waals surface area contributed by atoms with Crippen molar-refractivity contribution in [1.29, 1.82) is 0 Å². The highest BCUT2D eigenvalue weighted by Gasteiger charge is 2.15.